The van der Waals surface area contributed by atoms with Gasteiger partial charge in [0.25, 0.3) is 0 Å². The first-order valence-corrected chi connectivity index (χ1v) is 5.65. The van der Waals surface area contributed by atoms with Crippen molar-refractivity contribution in [1.29, 1.82) is 0 Å². The quantitative estimate of drug-likeness (QED) is 0.832. The molecule has 1 aromatic carbocycles. The maximum Gasteiger partial charge on any atom is 0.123 e. The Hall–Kier alpha value is -0.930. The van der Waals surface area contributed by atoms with Gasteiger partial charge in [0, 0.05) is 18.6 Å². The van der Waals surface area contributed by atoms with Crippen molar-refractivity contribution in [2.24, 2.45) is 5.73 Å². The number of likely N-dealkylation sites (N-methyl/N-ethyl adjacent to an activating group) is 1. The van der Waals surface area contributed by atoms with Crippen LogP contribution in [0.25, 0.3) is 0 Å². The van der Waals surface area contributed by atoms with E-state index in [1.165, 1.54) is 12.1 Å². The van der Waals surface area contributed by atoms with Crippen molar-refractivity contribution in [3.05, 3.63) is 35.6 Å². The summed E-state index contributed by atoms with van der Waals surface area (Å²) in [5, 5.41) is 0. The largest absolute Gasteiger partial charge is 0.324 e. The molecule has 0 bridgehead atoms. The molecule has 1 unspecified atom stereocenters. The van der Waals surface area contributed by atoms with Gasteiger partial charge < -0.3 is 10.6 Å². The standard InChI is InChI=1S/C13H21FN2/c1-4-13(2,15)10-16(3)9-11-5-7-12(14)8-6-11/h5-8H,4,9-10,15H2,1-3H3. The van der Waals surface area contributed by atoms with Crippen LogP contribution in [0.1, 0.15) is 25.8 Å². The first-order valence-electron chi connectivity index (χ1n) is 5.65. The van der Waals surface area contributed by atoms with Crippen molar-refractivity contribution in [2.75, 3.05) is 13.6 Å². The van der Waals surface area contributed by atoms with Crippen LogP contribution in [-0.2, 0) is 6.54 Å². The predicted octanol–water partition coefficient (Wildman–Crippen LogP) is 2.38. The lowest BCUT2D eigenvalue weighted by Crippen LogP contribution is -2.45. The monoisotopic (exact) mass is 224 g/mol. The molecule has 1 aromatic rings. The highest BCUT2D eigenvalue weighted by molar-refractivity contribution is 5.15. The molecule has 0 fully saturated rings. The lowest BCUT2D eigenvalue weighted by molar-refractivity contribution is 0.246. The van der Waals surface area contributed by atoms with Crippen molar-refractivity contribution in [1.82, 2.24) is 4.90 Å². The molecular formula is C13H21FN2. The fourth-order valence-corrected chi connectivity index (χ4v) is 1.69. The van der Waals surface area contributed by atoms with E-state index in [0.717, 1.165) is 25.1 Å². The average molecular weight is 224 g/mol. The summed E-state index contributed by atoms with van der Waals surface area (Å²) in [6, 6.07) is 6.60. The molecule has 0 aliphatic rings. The van der Waals surface area contributed by atoms with Gasteiger partial charge in [0.2, 0.25) is 0 Å². The fourth-order valence-electron chi connectivity index (χ4n) is 1.69. The van der Waals surface area contributed by atoms with Crippen LogP contribution in [0, 0.1) is 5.82 Å². The molecule has 2 nitrogen and oxygen atoms in total. The molecule has 2 N–H and O–H groups in total. The smallest absolute Gasteiger partial charge is 0.123 e. The predicted molar refractivity (Wildman–Crippen MR) is 65.6 cm³/mol. The van der Waals surface area contributed by atoms with Gasteiger partial charge in [-0.15, -0.1) is 0 Å². The molecule has 0 aromatic heterocycles. The molecule has 0 heterocycles. The van der Waals surface area contributed by atoms with Gasteiger partial charge in [-0.1, -0.05) is 19.1 Å². The van der Waals surface area contributed by atoms with Crippen molar-refractivity contribution >= 4 is 0 Å². The van der Waals surface area contributed by atoms with Gasteiger partial charge in [-0.25, -0.2) is 4.39 Å². The van der Waals surface area contributed by atoms with E-state index < -0.39 is 0 Å². The summed E-state index contributed by atoms with van der Waals surface area (Å²) in [7, 11) is 2.03. The number of nitrogens with zero attached hydrogens (tertiary/aromatic N) is 1. The lowest BCUT2D eigenvalue weighted by Gasteiger charge is -2.29. The molecule has 16 heavy (non-hydrogen) atoms. The molecule has 0 saturated heterocycles. The Labute approximate surface area is 97.3 Å². The molecule has 3 heteroatoms. The number of nitrogens with two attached hydrogens (primary N) is 1. The highest BCUT2D eigenvalue weighted by Gasteiger charge is 2.17. The van der Waals surface area contributed by atoms with Gasteiger partial charge in [-0.05, 0) is 38.1 Å². The highest BCUT2D eigenvalue weighted by atomic mass is 19.1. The van der Waals surface area contributed by atoms with Gasteiger partial charge in [-0.3, -0.25) is 0 Å². The molecule has 0 saturated carbocycles. The van der Waals surface area contributed by atoms with Crippen LogP contribution in [0.4, 0.5) is 4.39 Å². The third kappa shape index (κ3) is 4.29. The minimum absolute atomic E-state index is 0.158. The average Bonchev–Trinajstić information content (AvgIpc) is 2.21. The van der Waals surface area contributed by atoms with Gasteiger partial charge in [-0.2, -0.15) is 0 Å². The van der Waals surface area contributed by atoms with E-state index in [9.17, 15) is 4.39 Å². The maximum absolute atomic E-state index is 12.7. The molecule has 0 radical (unpaired) electrons. The van der Waals surface area contributed by atoms with Crippen LogP contribution in [-0.4, -0.2) is 24.0 Å². The zero-order chi connectivity index (χ0) is 12.2. The van der Waals surface area contributed by atoms with Crippen LogP contribution < -0.4 is 5.73 Å². The second-order valence-corrected chi connectivity index (χ2v) is 4.81. The van der Waals surface area contributed by atoms with Gasteiger partial charge >= 0.3 is 0 Å². The number of hydrogen-bond donors (Lipinski definition) is 1. The minimum atomic E-state index is -0.191. The van der Waals surface area contributed by atoms with E-state index >= 15 is 0 Å². The zero-order valence-corrected chi connectivity index (χ0v) is 10.3. The van der Waals surface area contributed by atoms with Crippen molar-refractivity contribution < 1.29 is 4.39 Å². The summed E-state index contributed by atoms with van der Waals surface area (Å²) in [5.74, 6) is -0.191. The van der Waals surface area contributed by atoms with E-state index in [-0.39, 0.29) is 11.4 Å². The topological polar surface area (TPSA) is 29.3 Å². The van der Waals surface area contributed by atoms with E-state index in [4.69, 9.17) is 5.73 Å². The molecule has 0 aliphatic carbocycles. The summed E-state index contributed by atoms with van der Waals surface area (Å²) in [6.07, 6.45) is 0.945. The summed E-state index contributed by atoms with van der Waals surface area (Å²) in [5.41, 5.74) is 7.04. The minimum Gasteiger partial charge on any atom is -0.324 e. The second kappa shape index (κ2) is 5.41. The number of rotatable bonds is 5. The van der Waals surface area contributed by atoms with Crippen LogP contribution in [0.2, 0.25) is 0 Å². The van der Waals surface area contributed by atoms with Crippen LogP contribution in [0.3, 0.4) is 0 Å². The summed E-state index contributed by atoms with van der Waals surface area (Å²) in [6.45, 7) is 5.77. The third-order valence-electron chi connectivity index (χ3n) is 2.80. The fraction of sp³-hybridized carbons (Fsp3) is 0.538. The maximum atomic E-state index is 12.7. The van der Waals surface area contributed by atoms with Gasteiger partial charge in [0.15, 0.2) is 0 Å². The van der Waals surface area contributed by atoms with Crippen molar-refractivity contribution in [3.8, 4) is 0 Å². The molecule has 1 rings (SSSR count). The van der Waals surface area contributed by atoms with Crippen molar-refractivity contribution in [2.45, 2.75) is 32.4 Å². The summed E-state index contributed by atoms with van der Waals surface area (Å²) >= 11 is 0. The molecular weight excluding hydrogens is 203 g/mol. The third-order valence-corrected chi connectivity index (χ3v) is 2.80. The Morgan fingerprint density at radius 3 is 2.38 bits per heavy atom. The van der Waals surface area contributed by atoms with Gasteiger partial charge in [0.05, 0.1) is 0 Å². The Morgan fingerprint density at radius 1 is 1.31 bits per heavy atom. The lowest BCUT2D eigenvalue weighted by atomic mass is 10.00. The Bertz CT molecular complexity index is 319. The van der Waals surface area contributed by atoms with E-state index in [2.05, 4.69) is 11.8 Å². The second-order valence-electron chi connectivity index (χ2n) is 4.81. The van der Waals surface area contributed by atoms with Crippen LogP contribution in [0.15, 0.2) is 24.3 Å². The van der Waals surface area contributed by atoms with E-state index in [1.54, 1.807) is 0 Å². The molecule has 90 valence electrons. The first kappa shape index (κ1) is 13.1. The normalized spacial score (nSPS) is 15.1. The number of benzene rings is 1. The number of halogens is 1. The van der Waals surface area contributed by atoms with Crippen LogP contribution >= 0.6 is 0 Å². The van der Waals surface area contributed by atoms with E-state index in [0.29, 0.717) is 0 Å². The molecule has 0 aliphatic heterocycles. The van der Waals surface area contributed by atoms with Crippen LogP contribution in [0.5, 0.6) is 0 Å². The zero-order valence-electron chi connectivity index (χ0n) is 10.3. The Balaban J connectivity index is 2.51. The highest BCUT2D eigenvalue weighted by Crippen LogP contribution is 2.10. The molecule has 0 spiro atoms. The van der Waals surface area contributed by atoms with E-state index in [1.807, 2.05) is 26.1 Å². The number of hydrogen-bond acceptors (Lipinski definition) is 2. The van der Waals surface area contributed by atoms with Gasteiger partial charge in [0.1, 0.15) is 5.82 Å². The first-order chi connectivity index (χ1) is 7.43. The molecule has 1 atom stereocenters. The van der Waals surface area contributed by atoms with Crippen molar-refractivity contribution in [3.63, 3.8) is 0 Å². The summed E-state index contributed by atoms with van der Waals surface area (Å²) in [4.78, 5) is 2.16. The SMILES string of the molecule is CCC(C)(N)CN(C)Cc1ccc(F)cc1. The Kier molecular flexibility index (Phi) is 4.44. The Morgan fingerprint density at radius 2 is 1.88 bits per heavy atom. The summed E-state index contributed by atoms with van der Waals surface area (Å²) < 4.78 is 12.7. The molecule has 0 amide bonds.